The van der Waals surface area contributed by atoms with E-state index in [1.807, 2.05) is 18.2 Å². The number of halogens is 2. The van der Waals surface area contributed by atoms with E-state index in [1.165, 1.54) is 6.07 Å². The van der Waals surface area contributed by atoms with E-state index in [2.05, 4.69) is 31.2 Å². The Hall–Kier alpha value is -2.92. The van der Waals surface area contributed by atoms with Crippen LogP contribution in [0.15, 0.2) is 63.6 Å². The third-order valence-corrected chi connectivity index (χ3v) is 7.04. The molecule has 4 N–H and O–H groups in total. The van der Waals surface area contributed by atoms with Gasteiger partial charge in [0.2, 0.25) is 11.0 Å². The number of rotatable bonds is 9. The first-order valence-corrected chi connectivity index (χ1v) is 12.8. The summed E-state index contributed by atoms with van der Waals surface area (Å²) in [6, 6.07) is 12.0. The number of carbonyl (C=O) groups is 2. The van der Waals surface area contributed by atoms with Crippen molar-refractivity contribution in [3.8, 4) is 11.5 Å². The Labute approximate surface area is 226 Å². The second kappa shape index (κ2) is 12.9. The molecule has 0 aliphatic carbocycles. The van der Waals surface area contributed by atoms with Crippen LogP contribution >= 0.6 is 39.3 Å². The molecule has 1 heterocycles. The lowest BCUT2D eigenvalue weighted by Gasteiger charge is -2.14. The zero-order valence-electron chi connectivity index (χ0n) is 19.5. The van der Waals surface area contributed by atoms with E-state index in [0.29, 0.717) is 38.4 Å². The van der Waals surface area contributed by atoms with Crippen molar-refractivity contribution < 1.29 is 19.4 Å². The summed E-state index contributed by atoms with van der Waals surface area (Å²) in [6.45, 7) is 3.18. The number of anilines is 1. The number of nitrogens with one attached hydrogen (secondary N) is 1. The molecule has 3 aromatic rings. The molecule has 0 aliphatic rings. The predicted molar refractivity (Wildman–Crippen MR) is 145 cm³/mol. The van der Waals surface area contributed by atoms with Crippen molar-refractivity contribution in [2.24, 2.45) is 0 Å². The van der Waals surface area contributed by atoms with Gasteiger partial charge in [0.15, 0.2) is 0 Å². The van der Waals surface area contributed by atoms with Crippen molar-refractivity contribution in [3.05, 3.63) is 85.6 Å². The summed E-state index contributed by atoms with van der Waals surface area (Å²) in [6.07, 6.45) is 1.67. The van der Waals surface area contributed by atoms with E-state index in [-0.39, 0.29) is 36.1 Å². The molecular weight excluding hydrogens is 568 g/mol. The number of carbonyl (C=O) groups excluding carboxylic acids is 2. The van der Waals surface area contributed by atoms with Crippen LogP contribution < -0.4 is 15.8 Å². The smallest absolute Gasteiger partial charge is 0.247 e. The average Bonchev–Trinajstić information content (AvgIpc) is 2.85. The number of nitrogens with zero attached hydrogens (tertiary/aromatic N) is 2. The summed E-state index contributed by atoms with van der Waals surface area (Å²) in [7, 11) is 0. The minimum atomic E-state index is -0.408. The van der Waals surface area contributed by atoms with Crippen molar-refractivity contribution in [2.75, 3.05) is 12.3 Å². The van der Waals surface area contributed by atoms with Gasteiger partial charge in [-0.2, -0.15) is 0 Å². The second-order valence-electron chi connectivity index (χ2n) is 7.59. The van der Waals surface area contributed by atoms with Crippen molar-refractivity contribution >= 4 is 56.1 Å². The van der Waals surface area contributed by atoms with Gasteiger partial charge in [-0.05, 0) is 60.1 Å². The molecule has 2 aromatic carbocycles. The number of aromatic nitrogens is 2. The number of amides is 1. The zero-order valence-corrected chi connectivity index (χ0v) is 22.7. The standard InChI is InChI=1S/C25H24BrClN4O4S/c1-14(24(33)30-13-16-12-29-15(2)31-23(16)28)22(9-10-32)36-25(34)18-11-17(27)7-8-20(18)35-21-6-4-3-5-19(21)26/h3-8,11-12,32H,9-10,13H2,1-2H3,(H,30,33)(H2,28,29,31)/b22-14-. The van der Waals surface area contributed by atoms with Gasteiger partial charge in [0.1, 0.15) is 23.1 Å². The fourth-order valence-electron chi connectivity index (χ4n) is 3.06. The Morgan fingerprint density at radius 1 is 1.22 bits per heavy atom. The van der Waals surface area contributed by atoms with Gasteiger partial charge < -0.3 is 20.9 Å². The normalized spacial score (nSPS) is 11.6. The van der Waals surface area contributed by atoms with Crippen molar-refractivity contribution in [3.63, 3.8) is 0 Å². The molecule has 1 amide bonds. The monoisotopic (exact) mass is 590 g/mol. The van der Waals surface area contributed by atoms with E-state index >= 15 is 0 Å². The maximum atomic E-state index is 13.3. The summed E-state index contributed by atoms with van der Waals surface area (Å²) in [5.74, 6) is 1.24. The minimum Gasteiger partial charge on any atom is -0.455 e. The summed E-state index contributed by atoms with van der Waals surface area (Å²) in [4.78, 5) is 34.7. The highest BCUT2D eigenvalue weighted by molar-refractivity contribution is 9.10. The number of ether oxygens (including phenoxy) is 1. The number of aryl methyl sites for hydroxylation is 1. The molecule has 3 rings (SSSR count). The molecule has 36 heavy (non-hydrogen) atoms. The molecule has 0 bridgehead atoms. The zero-order chi connectivity index (χ0) is 26.2. The van der Waals surface area contributed by atoms with Crippen molar-refractivity contribution in [1.82, 2.24) is 15.3 Å². The number of aliphatic hydroxyl groups is 1. The number of nitrogen functional groups attached to an aromatic ring is 1. The van der Waals surface area contributed by atoms with E-state index in [4.69, 9.17) is 22.1 Å². The summed E-state index contributed by atoms with van der Waals surface area (Å²) in [5.41, 5.74) is 6.99. The largest absolute Gasteiger partial charge is 0.455 e. The molecule has 1 aromatic heterocycles. The molecule has 11 heteroatoms. The molecule has 0 unspecified atom stereocenters. The van der Waals surface area contributed by atoms with Crippen LogP contribution in [0.2, 0.25) is 5.02 Å². The van der Waals surface area contributed by atoms with Crippen LogP contribution in [-0.4, -0.2) is 32.7 Å². The third kappa shape index (κ3) is 7.30. The first kappa shape index (κ1) is 27.7. The Morgan fingerprint density at radius 2 is 1.97 bits per heavy atom. The van der Waals surface area contributed by atoms with E-state index in [9.17, 15) is 14.7 Å². The first-order chi connectivity index (χ1) is 17.2. The average molecular weight is 592 g/mol. The van der Waals surface area contributed by atoms with Gasteiger partial charge in [-0.1, -0.05) is 35.5 Å². The maximum Gasteiger partial charge on any atom is 0.247 e. The minimum absolute atomic E-state index is 0.117. The Balaban J connectivity index is 1.81. The SMILES string of the molecule is C/C(C(=O)NCc1cnc(C)nc1N)=C(\CCO)SC(=O)c1cc(Cl)ccc1Oc1ccccc1Br. The van der Waals surface area contributed by atoms with Crippen LogP contribution in [0.5, 0.6) is 11.5 Å². The number of aliphatic hydroxyl groups excluding tert-OH is 1. The van der Waals surface area contributed by atoms with Gasteiger partial charge in [-0.25, -0.2) is 9.97 Å². The van der Waals surface area contributed by atoms with E-state index in [1.54, 1.807) is 38.2 Å². The lowest BCUT2D eigenvalue weighted by atomic mass is 10.2. The highest BCUT2D eigenvalue weighted by Gasteiger charge is 2.20. The quantitative estimate of drug-likeness (QED) is 0.282. The highest BCUT2D eigenvalue weighted by atomic mass is 79.9. The van der Waals surface area contributed by atoms with Gasteiger partial charge in [0.05, 0.1) is 10.0 Å². The summed E-state index contributed by atoms with van der Waals surface area (Å²) >= 11 is 10.4. The summed E-state index contributed by atoms with van der Waals surface area (Å²) in [5, 5.41) is 12.3. The Bertz CT molecular complexity index is 1320. The second-order valence-corrected chi connectivity index (χ2v) is 9.95. The van der Waals surface area contributed by atoms with Crippen LogP contribution in [0.3, 0.4) is 0 Å². The van der Waals surface area contributed by atoms with Crippen molar-refractivity contribution in [1.29, 1.82) is 0 Å². The fraction of sp³-hybridized carbons (Fsp3) is 0.200. The van der Waals surface area contributed by atoms with Gasteiger partial charge in [-0.15, -0.1) is 0 Å². The molecule has 0 fully saturated rings. The topological polar surface area (TPSA) is 127 Å². The lowest BCUT2D eigenvalue weighted by Crippen LogP contribution is -2.25. The number of hydrogen-bond donors (Lipinski definition) is 3. The third-order valence-electron chi connectivity index (χ3n) is 4.99. The number of nitrogens with two attached hydrogens (primary N) is 1. The first-order valence-electron chi connectivity index (χ1n) is 10.8. The molecule has 0 aliphatic heterocycles. The number of benzene rings is 2. The van der Waals surface area contributed by atoms with Gasteiger partial charge in [0, 0.05) is 46.8 Å². The molecule has 0 spiro atoms. The Kier molecular flexibility index (Phi) is 9.89. The van der Waals surface area contributed by atoms with Crippen LogP contribution in [0.4, 0.5) is 5.82 Å². The summed E-state index contributed by atoms with van der Waals surface area (Å²) < 4.78 is 6.69. The molecule has 0 radical (unpaired) electrons. The van der Waals surface area contributed by atoms with Gasteiger partial charge in [-0.3, -0.25) is 9.59 Å². The maximum absolute atomic E-state index is 13.3. The Morgan fingerprint density at radius 3 is 2.67 bits per heavy atom. The van der Waals surface area contributed by atoms with E-state index < -0.39 is 5.91 Å². The van der Waals surface area contributed by atoms with Crippen LogP contribution in [0.1, 0.15) is 35.1 Å². The predicted octanol–water partition coefficient (Wildman–Crippen LogP) is 5.42. The van der Waals surface area contributed by atoms with E-state index in [0.717, 1.165) is 16.2 Å². The molecular formula is C25H24BrClN4O4S. The van der Waals surface area contributed by atoms with Gasteiger partial charge in [0.25, 0.3) is 0 Å². The van der Waals surface area contributed by atoms with Crippen LogP contribution in [0, 0.1) is 6.92 Å². The van der Waals surface area contributed by atoms with Crippen LogP contribution in [0.25, 0.3) is 0 Å². The lowest BCUT2D eigenvalue weighted by molar-refractivity contribution is -0.117. The number of thioether (sulfide) groups is 1. The van der Waals surface area contributed by atoms with Crippen molar-refractivity contribution in [2.45, 2.75) is 26.8 Å². The molecule has 0 atom stereocenters. The number of para-hydroxylation sites is 1. The highest BCUT2D eigenvalue weighted by Crippen LogP contribution is 2.36. The molecule has 0 saturated carbocycles. The number of hydrogen-bond acceptors (Lipinski definition) is 8. The molecule has 188 valence electrons. The molecule has 8 nitrogen and oxygen atoms in total. The molecule has 0 saturated heterocycles. The van der Waals surface area contributed by atoms with Gasteiger partial charge >= 0.3 is 0 Å². The van der Waals surface area contributed by atoms with Crippen LogP contribution in [-0.2, 0) is 11.3 Å². The fourth-order valence-corrected chi connectivity index (χ4v) is 4.53.